The monoisotopic (exact) mass is 698 g/mol. The molecule has 0 aromatic carbocycles. The molecule has 6 N–H and O–H groups in total. The summed E-state index contributed by atoms with van der Waals surface area (Å²) < 4.78 is 0. The number of aliphatic hydroxyl groups is 5. The maximum absolute atomic E-state index is 12.6. The van der Waals surface area contributed by atoms with Gasteiger partial charge in [-0.25, -0.2) is 0 Å². The third-order valence-corrected chi connectivity index (χ3v) is 10.4. The molecule has 0 saturated carbocycles. The zero-order valence-corrected chi connectivity index (χ0v) is 32.5. The predicted octanol–water partition coefficient (Wildman–Crippen LogP) is 9.45. The van der Waals surface area contributed by atoms with Gasteiger partial charge in [-0.05, 0) is 44.4 Å². The van der Waals surface area contributed by atoms with Crippen LogP contribution in [0.15, 0.2) is 12.2 Å². The van der Waals surface area contributed by atoms with Gasteiger partial charge >= 0.3 is 0 Å². The van der Waals surface area contributed by atoms with Gasteiger partial charge in [0.25, 0.3) is 0 Å². The predicted molar refractivity (Wildman–Crippen MR) is 207 cm³/mol. The Morgan fingerprint density at radius 2 is 1.00 bits per heavy atom. The summed E-state index contributed by atoms with van der Waals surface area (Å²) in [6.07, 6.45) is 32.4. The van der Waals surface area contributed by atoms with E-state index in [1.807, 2.05) is 6.08 Å². The fraction of sp³-hybridized carbons (Fsp3) is 0.929. The number of hydrogen-bond donors (Lipinski definition) is 6. The standard InChI is InChI=1S/C42H83NO6/c1-4-7-9-11-13-14-15-16-17-18-19-20-21-22-23-25-27-29-31-38(45)41(48)34-40(47)37(35-44)43-42(49)39(46)33-32-36(6-3)30-28-26-24-12-10-8-5-2/h25,27,36-41,44-48H,4-24,26,28-35H2,1-3H3,(H,43,49). The molecule has 0 saturated heterocycles. The van der Waals surface area contributed by atoms with E-state index in [1.165, 1.54) is 135 Å². The van der Waals surface area contributed by atoms with Gasteiger partial charge in [-0.3, -0.25) is 4.79 Å². The molecule has 0 aliphatic heterocycles. The van der Waals surface area contributed by atoms with Crippen molar-refractivity contribution in [2.24, 2.45) is 5.92 Å². The van der Waals surface area contributed by atoms with Crippen LogP contribution < -0.4 is 5.32 Å². The summed E-state index contributed by atoms with van der Waals surface area (Å²) in [5.41, 5.74) is 0. The molecule has 6 unspecified atom stereocenters. The molecular weight excluding hydrogens is 614 g/mol. The summed E-state index contributed by atoms with van der Waals surface area (Å²) in [5, 5.41) is 54.2. The van der Waals surface area contributed by atoms with Gasteiger partial charge in [0, 0.05) is 6.42 Å². The van der Waals surface area contributed by atoms with E-state index in [0.29, 0.717) is 25.2 Å². The zero-order chi connectivity index (χ0) is 36.4. The second-order valence-corrected chi connectivity index (χ2v) is 14.9. The zero-order valence-electron chi connectivity index (χ0n) is 32.5. The number of rotatable bonds is 37. The van der Waals surface area contributed by atoms with Gasteiger partial charge in [-0.15, -0.1) is 0 Å². The number of allylic oxidation sites excluding steroid dienone is 2. The second kappa shape index (κ2) is 35.4. The van der Waals surface area contributed by atoms with Crippen molar-refractivity contribution in [2.75, 3.05) is 6.61 Å². The fourth-order valence-corrected chi connectivity index (χ4v) is 6.73. The average Bonchev–Trinajstić information content (AvgIpc) is 3.10. The molecule has 0 aromatic heterocycles. The van der Waals surface area contributed by atoms with Gasteiger partial charge in [0.1, 0.15) is 6.10 Å². The highest BCUT2D eigenvalue weighted by Gasteiger charge is 2.28. The summed E-state index contributed by atoms with van der Waals surface area (Å²) in [7, 11) is 0. The van der Waals surface area contributed by atoms with E-state index in [9.17, 15) is 30.3 Å². The molecule has 0 bridgehead atoms. The first-order valence-corrected chi connectivity index (χ1v) is 21.1. The first kappa shape index (κ1) is 48.0. The Morgan fingerprint density at radius 3 is 1.49 bits per heavy atom. The number of unbranched alkanes of at least 4 members (excludes halogenated alkanes) is 20. The summed E-state index contributed by atoms with van der Waals surface area (Å²) in [5.74, 6) is -0.157. The van der Waals surface area contributed by atoms with Crippen molar-refractivity contribution >= 4 is 5.91 Å². The van der Waals surface area contributed by atoms with E-state index >= 15 is 0 Å². The Bertz CT molecular complexity index is 734. The summed E-state index contributed by atoms with van der Waals surface area (Å²) in [4.78, 5) is 12.6. The van der Waals surface area contributed by atoms with Gasteiger partial charge in [-0.2, -0.15) is 0 Å². The van der Waals surface area contributed by atoms with E-state index in [1.54, 1.807) is 0 Å². The Balaban J connectivity index is 4.05. The van der Waals surface area contributed by atoms with Crippen LogP contribution >= 0.6 is 0 Å². The van der Waals surface area contributed by atoms with Crippen LogP contribution in [0.5, 0.6) is 0 Å². The van der Waals surface area contributed by atoms with Crippen molar-refractivity contribution in [3.8, 4) is 0 Å². The van der Waals surface area contributed by atoms with Crippen LogP contribution in [-0.2, 0) is 4.79 Å². The largest absolute Gasteiger partial charge is 0.394 e. The topological polar surface area (TPSA) is 130 Å². The minimum Gasteiger partial charge on any atom is -0.394 e. The molecule has 0 aliphatic rings. The third-order valence-electron chi connectivity index (χ3n) is 10.4. The number of carbonyl (C=O) groups excluding carboxylic acids is 1. The van der Waals surface area contributed by atoms with E-state index < -0.39 is 43.0 Å². The summed E-state index contributed by atoms with van der Waals surface area (Å²) in [6, 6.07) is -1.02. The molecule has 0 aliphatic carbocycles. The molecule has 0 spiro atoms. The molecule has 0 aromatic rings. The molecule has 7 nitrogen and oxygen atoms in total. The Hall–Kier alpha value is -0.990. The molecule has 0 fully saturated rings. The van der Waals surface area contributed by atoms with Crippen LogP contribution in [0.25, 0.3) is 0 Å². The van der Waals surface area contributed by atoms with E-state index in [4.69, 9.17) is 0 Å². The van der Waals surface area contributed by atoms with Crippen molar-refractivity contribution in [3.63, 3.8) is 0 Å². The van der Waals surface area contributed by atoms with Gasteiger partial charge in [-0.1, -0.05) is 174 Å². The van der Waals surface area contributed by atoms with Crippen LogP contribution in [0, 0.1) is 5.92 Å². The van der Waals surface area contributed by atoms with Crippen molar-refractivity contribution in [2.45, 2.75) is 237 Å². The average molecular weight is 698 g/mol. The number of nitrogens with one attached hydrogen (secondary N) is 1. The number of carbonyl (C=O) groups is 1. The molecule has 7 heteroatoms. The maximum atomic E-state index is 12.6. The molecule has 0 rings (SSSR count). The molecule has 49 heavy (non-hydrogen) atoms. The van der Waals surface area contributed by atoms with Gasteiger partial charge < -0.3 is 30.8 Å². The maximum Gasteiger partial charge on any atom is 0.249 e. The quantitative estimate of drug-likeness (QED) is 0.0283. The van der Waals surface area contributed by atoms with Crippen LogP contribution in [0.4, 0.5) is 0 Å². The van der Waals surface area contributed by atoms with E-state index in [2.05, 4.69) is 32.2 Å². The SMILES string of the molecule is CCCCCCCCCCCCCCCCC=CCCC(O)C(O)CC(O)C(CO)NC(=O)C(O)CCC(CC)CCCCCCCCC. The second-order valence-electron chi connectivity index (χ2n) is 14.9. The third kappa shape index (κ3) is 29.3. The number of amides is 1. The molecule has 0 heterocycles. The number of aliphatic hydroxyl groups excluding tert-OH is 5. The van der Waals surface area contributed by atoms with Crippen molar-refractivity contribution < 1.29 is 30.3 Å². The van der Waals surface area contributed by atoms with Crippen molar-refractivity contribution in [1.82, 2.24) is 5.32 Å². The van der Waals surface area contributed by atoms with Crippen LogP contribution in [0.2, 0.25) is 0 Å². The summed E-state index contributed by atoms with van der Waals surface area (Å²) in [6.45, 7) is 6.12. The molecule has 0 radical (unpaired) electrons. The number of hydrogen-bond acceptors (Lipinski definition) is 6. The van der Waals surface area contributed by atoms with Crippen LogP contribution in [0.3, 0.4) is 0 Å². The van der Waals surface area contributed by atoms with Gasteiger partial charge in [0.2, 0.25) is 5.91 Å². The minimum absolute atomic E-state index is 0.179. The van der Waals surface area contributed by atoms with Crippen molar-refractivity contribution in [1.29, 1.82) is 0 Å². The lowest BCUT2D eigenvalue weighted by Crippen LogP contribution is -2.50. The van der Waals surface area contributed by atoms with E-state index in [0.717, 1.165) is 25.7 Å². The normalized spacial score (nSPS) is 15.7. The highest BCUT2D eigenvalue weighted by atomic mass is 16.3. The van der Waals surface area contributed by atoms with Crippen LogP contribution in [-0.4, -0.2) is 68.5 Å². The van der Waals surface area contributed by atoms with Gasteiger partial charge in [0.15, 0.2) is 0 Å². The highest BCUT2D eigenvalue weighted by Crippen LogP contribution is 2.21. The minimum atomic E-state index is -1.25. The fourth-order valence-electron chi connectivity index (χ4n) is 6.73. The molecular formula is C42H83NO6. The Kier molecular flexibility index (Phi) is 34.7. The molecule has 1 amide bonds. The summed E-state index contributed by atoms with van der Waals surface area (Å²) >= 11 is 0. The lowest BCUT2D eigenvalue weighted by Gasteiger charge is -2.27. The van der Waals surface area contributed by atoms with Crippen molar-refractivity contribution in [3.05, 3.63) is 12.2 Å². The van der Waals surface area contributed by atoms with Crippen LogP contribution in [0.1, 0.15) is 207 Å². The molecule has 292 valence electrons. The first-order valence-electron chi connectivity index (χ1n) is 21.1. The lowest BCUT2D eigenvalue weighted by atomic mass is 9.92. The Morgan fingerprint density at radius 1 is 0.531 bits per heavy atom. The van der Waals surface area contributed by atoms with E-state index in [-0.39, 0.29) is 6.42 Å². The first-order chi connectivity index (χ1) is 23.8. The Labute approximate surface area is 303 Å². The smallest absolute Gasteiger partial charge is 0.249 e. The molecule has 6 atom stereocenters. The lowest BCUT2D eigenvalue weighted by molar-refractivity contribution is -0.132. The highest BCUT2D eigenvalue weighted by molar-refractivity contribution is 5.80. The van der Waals surface area contributed by atoms with Gasteiger partial charge in [0.05, 0.1) is 31.0 Å².